The van der Waals surface area contributed by atoms with Crippen LogP contribution in [0.5, 0.6) is 5.75 Å². The third kappa shape index (κ3) is 4.87. The van der Waals surface area contributed by atoms with E-state index in [1.54, 1.807) is 0 Å². The zero-order valence-corrected chi connectivity index (χ0v) is 12.2. The highest BCUT2D eigenvalue weighted by atomic mass is 16.5. The van der Waals surface area contributed by atoms with Gasteiger partial charge in [-0.25, -0.2) is 0 Å². The molecule has 2 rings (SSSR count). The lowest BCUT2D eigenvalue weighted by Crippen LogP contribution is -2.16. The molecule has 2 nitrogen and oxygen atoms in total. The van der Waals surface area contributed by atoms with E-state index < -0.39 is 0 Å². The molecule has 0 aromatic heterocycles. The van der Waals surface area contributed by atoms with Crippen molar-refractivity contribution in [1.82, 2.24) is 5.32 Å². The third-order valence-electron chi connectivity index (χ3n) is 3.97. The predicted molar refractivity (Wildman–Crippen MR) is 80.9 cm³/mol. The molecule has 0 bridgehead atoms. The number of hydrogen-bond acceptors (Lipinski definition) is 2. The van der Waals surface area contributed by atoms with Gasteiger partial charge >= 0.3 is 0 Å². The summed E-state index contributed by atoms with van der Waals surface area (Å²) in [6.45, 7) is 5.01. The first-order chi connectivity index (χ1) is 9.40. The second-order valence-corrected chi connectivity index (χ2v) is 5.46. The fourth-order valence-electron chi connectivity index (χ4n) is 2.84. The number of benzene rings is 1. The van der Waals surface area contributed by atoms with Crippen molar-refractivity contribution in [3.8, 4) is 5.75 Å². The first kappa shape index (κ1) is 14.4. The molecule has 106 valence electrons. The Morgan fingerprint density at radius 3 is 2.53 bits per heavy atom. The largest absolute Gasteiger partial charge is 0.494 e. The Labute approximate surface area is 117 Å². The smallest absolute Gasteiger partial charge is 0.119 e. The topological polar surface area (TPSA) is 21.3 Å². The lowest BCUT2D eigenvalue weighted by molar-refractivity contribution is 0.308. The van der Waals surface area contributed by atoms with Crippen LogP contribution in [0.4, 0.5) is 0 Å². The highest BCUT2D eigenvalue weighted by molar-refractivity contribution is 5.29. The van der Waals surface area contributed by atoms with E-state index in [0.29, 0.717) is 0 Å². The zero-order chi connectivity index (χ0) is 13.3. The maximum absolute atomic E-state index is 5.75. The van der Waals surface area contributed by atoms with E-state index in [0.717, 1.165) is 37.8 Å². The Bertz CT molecular complexity index is 341. The van der Waals surface area contributed by atoms with Crippen LogP contribution in [0, 0.1) is 0 Å². The Balaban J connectivity index is 1.74. The summed E-state index contributed by atoms with van der Waals surface area (Å²) in [6.07, 6.45) is 8.01. The van der Waals surface area contributed by atoms with Crippen LogP contribution in [0.15, 0.2) is 24.3 Å². The minimum Gasteiger partial charge on any atom is -0.494 e. The number of hydrogen-bond donors (Lipinski definition) is 1. The number of rotatable bonds is 7. The van der Waals surface area contributed by atoms with E-state index in [2.05, 4.69) is 36.5 Å². The molecule has 0 amide bonds. The Kier molecular flexibility index (Phi) is 6.22. The molecular weight excluding hydrogens is 234 g/mol. The molecule has 0 spiro atoms. The van der Waals surface area contributed by atoms with Gasteiger partial charge in [-0.2, -0.15) is 0 Å². The minimum atomic E-state index is 0.788. The summed E-state index contributed by atoms with van der Waals surface area (Å²) in [7, 11) is 0. The summed E-state index contributed by atoms with van der Waals surface area (Å²) in [5, 5.41) is 3.31. The van der Waals surface area contributed by atoms with Crippen LogP contribution in [0.3, 0.4) is 0 Å². The molecule has 1 aliphatic rings. The normalized spacial score (nSPS) is 16.5. The monoisotopic (exact) mass is 261 g/mol. The van der Waals surface area contributed by atoms with E-state index >= 15 is 0 Å². The summed E-state index contributed by atoms with van der Waals surface area (Å²) < 4.78 is 5.75. The van der Waals surface area contributed by atoms with Crippen molar-refractivity contribution in [2.24, 2.45) is 0 Å². The van der Waals surface area contributed by atoms with Crippen molar-refractivity contribution in [3.05, 3.63) is 29.8 Å². The van der Waals surface area contributed by atoms with Gasteiger partial charge in [0, 0.05) is 0 Å². The molecule has 0 aliphatic heterocycles. The van der Waals surface area contributed by atoms with Crippen molar-refractivity contribution in [3.63, 3.8) is 0 Å². The van der Waals surface area contributed by atoms with Gasteiger partial charge in [0.1, 0.15) is 5.75 Å². The molecule has 0 radical (unpaired) electrons. The molecule has 1 fully saturated rings. The van der Waals surface area contributed by atoms with Crippen molar-refractivity contribution < 1.29 is 4.74 Å². The maximum atomic E-state index is 5.75. The number of ether oxygens (including phenoxy) is 1. The molecule has 19 heavy (non-hydrogen) atoms. The molecule has 1 aliphatic carbocycles. The minimum absolute atomic E-state index is 0.788. The van der Waals surface area contributed by atoms with Crippen LogP contribution in [0.25, 0.3) is 0 Å². The highest BCUT2D eigenvalue weighted by Gasteiger charge is 2.15. The first-order valence-corrected chi connectivity index (χ1v) is 7.83. The van der Waals surface area contributed by atoms with E-state index in [1.807, 2.05) is 0 Å². The van der Waals surface area contributed by atoms with Crippen molar-refractivity contribution in [1.29, 1.82) is 0 Å². The third-order valence-corrected chi connectivity index (χ3v) is 3.97. The summed E-state index contributed by atoms with van der Waals surface area (Å²) in [5.41, 5.74) is 1.50. The van der Waals surface area contributed by atoms with Gasteiger partial charge in [-0.1, -0.05) is 38.3 Å². The van der Waals surface area contributed by atoms with Gasteiger partial charge in [-0.05, 0) is 56.0 Å². The quantitative estimate of drug-likeness (QED) is 0.746. The van der Waals surface area contributed by atoms with E-state index in [4.69, 9.17) is 4.74 Å². The summed E-state index contributed by atoms with van der Waals surface area (Å²) >= 11 is 0. The maximum Gasteiger partial charge on any atom is 0.119 e. The van der Waals surface area contributed by atoms with Crippen molar-refractivity contribution in [2.75, 3.05) is 19.7 Å². The molecule has 0 unspecified atom stereocenters. The molecule has 0 saturated heterocycles. The van der Waals surface area contributed by atoms with Crippen LogP contribution in [-0.4, -0.2) is 19.7 Å². The van der Waals surface area contributed by atoms with Gasteiger partial charge in [0.25, 0.3) is 0 Å². The van der Waals surface area contributed by atoms with Crippen LogP contribution >= 0.6 is 0 Å². The van der Waals surface area contributed by atoms with Crippen molar-refractivity contribution in [2.45, 2.75) is 51.4 Å². The lowest BCUT2D eigenvalue weighted by atomic mass is 9.84. The average molecular weight is 261 g/mol. The molecule has 0 heterocycles. The summed E-state index contributed by atoms with van der Waals surface area (Å²) in [6, 6.07) is 8.79. The Morgan fingerprint density at radius 1 is 1.11 bits per heavy atom. The standard InChI is InChI=1S/C17H27NO/c1-2-18-13-6-14-19-17-11-9-16(10-12-17)15-7-4-3-5-8-15/h9-12,15,18H,2-8,13-14H2,1H3. The summed E-state index contributed by atoms with van der Waals surface area (Å²) in [5.74, 6) is 1.80. The Hall–Kier alpha value is -1.02. The SMILES string of the molecule is CCNCCCOc1ccc(C2CCCCC2)cc1. The molecule has 0 atom stereocenters. The Morgan fingerprint density at radius 2 is 1.84 bits per heavy atom. The second-order valence-electron chi connectivity index (χ2n) is 5.46. The van der Waals surface area contributed by atoms with E-state index in [9.17, 15) is 0 Å². The van der Waals surface area contributed by atoms with Crippen LogP contribution in [0.1, 0.15) is 56.9 Å². The fourth-order valence-corrected chi connectivity index (χ4v) is 2.84. The molecule has 1 N–H and O–H groups in total. The summed E-state index contributed by atoms with van der Waals surface area (Å²) in [4.78, 5) is 0. The molecule has 1 saturated carbocycles. The van der Waals surface area contributed by atoms with Crippen LogP contribution in [-0.2, 0) is 0 Å². The van der Waals surface area contributed by atoms with Crippen molar-refractivity contribution >= 4 is 0 Å². The molecule has 1 aromatic rings. The molecule has 2 heteroatoms. The van der Waals surface area contributed by atoms with E-state index in [-0.39, 0.29) is 0 Å². The van der Waals surface area contributed by atoms with Gasteiger partial charge in [-0.15, -0.1) is 0 Å². The fraction of sp³-hybridized carbons (Fsp3) is 0.647. The lowest BCUT2D eigenvalue weighted by Gasteiger charge is -2.22. The van der Waals surface area contributed by atoms with Gasteiger partial charge in [0.05, 0.1) is 6.61 Å². The van der Waals surface area contributed by atoms with Gasteiger partial charge in [-0.3, -0.25) is 0 Å². The predicted octanol–water partition coefficient (Wildman–Crippen LogP) is 4.11. The van der Waals surface area contributed by atoms with Gasteiger partial charge < -0.3 is 10.1 Å². The van der Waals surface area contributed by atoms with Crippen LogP contribution < -0.4 is 10.1 Å². The molecule has 1 aromatic carbocycles. The first-order valence-electron chi connectivity index (χ1n) is 7.83. The van der Waals surface area contributed by atoms with E-state index in [1.165, 1.54) is 37.7 Å². The highest BCUT2D eigenvalue weighted by Crippen LogP contribution is 2.33. The van der Waals surface area contributed by atoms with Gasteiger partial charge in [0.2, 0.25) is 0 Å². The molecular formula is C17H27NO. The van der Waals surface area contributed by atoms with Crippen LogP contribution in [0.2, 0.25) is 0 Å². The van der Waals surface area contributed by atoms with Gasteiger partial charge in [0.15, 0.2) is 0 Å². The zero-order valence-electron chi connectivity index (χ0n) is 12.2. The average Bonchev–Trinajstić information content (AvgIpc) is 2.49. The second kappa shape index (κ2) is 8.21. The number of nitrogens with one attached hydrogen (secondary N) is 1.